The highest BCUT2D eigenvalue weighted by molar-refractivity contribution is 14.1. The van der Waals surface area contributed by atoms with Crippen LogP contribution < -0.4 is 0 Å². The zero-order chi connectivity index (χ0) is 3.41. The Morgan fingerprint density at radius 3 is 2.25 bits per heavy atom. The topological polar surface area (TPSA) is 9.23 Å². The Bertz CT molecular complexity index is 10.0. The summed E-state index contributed by atoms with van der Waals surface area (Å²) < 4.78 is 14.3. The summed E-state index contributed by atoms with van der Waals surface area (Å²) in [6.45, 7) is -0.694. The van der Waals surface area contributed by atoms with E-state index in [4.69, 9.17) is 0 Å². The Morgan fingerprint density at radius 2 is 2.25 bits per heavy atom. The second-order valence-electron chi connectivity index (χ2n) is 0.218. The standard InChI is InChI=1S/CH2FIO/c2-1-4-3/h1H2. The first-order valence-corrected chi connectivity index (χ1v) is 1.59. The van der Waals surface area contributed by atoms with E-state index in [0.717, 1.165) is 0 Å². The van der Waals surface area contributed by atoms with E-state index in [1.165, 1.54) is 23.0 Å². The van der Waals surface area contributed by atoms with Gasteiger partial charge in [-0.05, 0) is 0 Å². The summed E-state index contributed by atoms with van der Waals surface area (Å²) in [5.41, 5.74) is 0. The molecule has 0 aromatic heterocycles. The first-order chi connectivity index (χ1) is 1.91. The van der Waals surface area contributed by atoms with Crippen molar-refractivity contribution in [3.05, 3.63) is 0 Å². The third-order valence-corrected chi connectivity index (χ3v) is 0.277. The minimum atomic E-state index is -0.694. The van der Waals surface area contributed by atoms with Gasteiger partial charge < -0.3 is 0 Å². The van der Waals surface area contributed by atoms with E-state index >= 15 is 0 Å². The zero-order valence-corrected chi connectivity index (χ0v) is 4.03. The lowest BCUT2D eigenvalue weighted by atomic mass is 11.6. The van der Waals surface area contributed by atoms with Gasteiger partial charge in [-0.25, -0.2) is 4.39 Å². The molecular weight excluding hydrogens is 174 g/mol. The normalized spacial score (nSPS) is 7.50. The van der Waals surface area contributed by atoms with Crippen molar-refractivity contribution in [2.24, 2.45) is 0 Å². The molecule has 26 valence electrons. The van der Waals surface area contributed by atoms with Crippen LogP contribution >= 0.6 is 23.0 Å². The predicted octanol–water partition coefficient (Wildman–Crippen LogP) is 1.28. The summed E-state index contributed by atoms with van der Waals surface area (Å²) in [6, 6.07) is 0. The molecule has 0 N–H and O–H groups in total. The molecule has 1 nitrogen and oxygen atoms in total. The van der Waals surface area contributed by atoms with Crippen molar-refractivity contribution in [1.82, 2.24) is 0 Å². The van der Waals surface area contributed by atoms with Crippen molar-refractivity contribution in [1.29, 1.82) is 0 Å². The quantitative estimate of drug-likeness (QED) is 0.546. The molecule has 0 fully saturated rings. The average molecular weight is 176 g/mol. The van der Waals surface area contributed by atoms with Gasteiger partial charge in [0.05, 0.1) is 0 Å². The summed E-state index contributed by atoms with van der Waals surface area (Å²) in [6.07, 6.45) is 0. The second-order valence-corrected chi connectivity index (χ2v) is 0.841. The van der Waals surface area contributed by atoms with Gasteiger partial charge in [-0.3, -0.25) is 3.07 Å². The zero-order valence-electron chi connectivity index (χ0n) is 1.87. The summed E-state index contributed by atoms with van der Waals surface area (Å²) in [5, 5.41) is 0. The largest absolute Gasteiger partial charge is 0.282 e. The van der Waals surface area contributed by atoms with Gasteiger partial charge in [0.2, 0.25) is 0 Å². The molecule has 0 aliphatic carbocycles. The molecule has 0 saturated carbocycles. The van der Waals surface area contributed by atoms with Gasteiger partial charge in [0.15, 0.2) is 6.86 Å². The van der Waals surface area contributed by atoms with Crippen molar-refractivity contribution >= 4 is 23.0 Å². The molecule has 0 rings (SSSR count). The van der Waals surface area contributed by atoms with E-state index in [1.54, 1.807) is 0 Å². The summed E-state index contributed by atoms with van der Waals surface area (Å²) in [4.78, 5) is 0. The molecule has 4 heavy (non-hydrogen) atoms. The molecule has 0 unspecified atom stereocenters. The lowest BCUT2D eigenvalue weighted by Gasteiger charge is -1.68. The maximum atomic E-state index is 10.5. The van der Waals surface area contributed by atoms with E-state index in [-0.39, 0.29) is 0 Å². The van der Waals surface area contributed by atoms with Gasteiger partial charge in [0.1, 0.15) is 23.0 Å². The number of alkyl halides is 1. The third kappa shape index (κ3) is 2.62. The van der Waals surface area contributed by atoms with E-state index in [0.29, 0.717) is 0 Å². The molecular formula is CH2FIO. The second kappa shape index (κ2) is 3.62. The highest BCUT2D eigenvalue weighted by Gasteiger charge is 1.59. The lowest BCUT2D eigenvalue weighted by Crippen LogP contribution is -1.59. The summed E-state index contributed by atoms with van der Waals surface area (Å²) in [7, 11) is 0. The minimum absolute atomic E-state index is 0.694. The van der Waals surface area contributed by atoms with Crippen molar-refractivity contribution < 1.29 is 7.46 Å². The van der Waals surface area contributed by atoms with Gasteiger partial charge in [-0.1, -0.05) is 0 Å². The number of hydrogen-bond donors (Lipinski definition) is 0. The van der Waals surface area contributed by atoms with E-state index < -0.39 is 6.86 Å². The lowest BCUT2D eigenvalue weighted by molar-refractivity contribution is 0.257. The molecule has 0 atom stereocenters. The summed E-state index contributed by atoms with van der Waals surface area (Å²) in [5.74, 6) is 0. The Kier molecular flexibility index (Phi) is 4.18. The van der Waals surface area contributed by atoms with E-state index in [9.17, 15) is 4.39 Å². The number of hydrogen-bond acceptors (Lipinski definition) is 1. The molecule has 3 heteroatoms. The van der Waals surface area contributed by atoms with Crippen LogP contribution in [0.3, 0.4) is 0 Å². The van der Waals surface area contributed by atoms with E-state index in [1.807, 2.05) is 0 Å². The smallest absolute Gasteiger partial charge is 0.199 e. The Hall–Kier alpha value is 0.620. The highest BCUT2D eigenvalue weighted by Crippen LogP contribution is 1.80. The monoisotopic (exact) mass is 176 g/mol. The molecule has 0 spiro atoms. The fraction of sp³-hybridized carbons (Fsp3) is 1.00. The van der Waals surface area contributed by atoms with Gasteiger partial charge in [0, 0.05) is 0 Å². The van der Waals surface area contributed by atoms with Crippen LogP contribution in [0.15, 0.2) is 0 Å². The number of rotatable bonds is 1. The van der Waals surface area contributed by atoms with Crippen LogP contribution in [0.4, 0.5) is 4.39 Å². The van der Waals surface area contributed by atoms with E-state index in [2.05, 4.69) is 3.07 Å². The van der Waals surface area contributed by atoms with Crippen LogP contribution in [0, 0.1) is 0 Å². The molecule has 0 aliphatic heterocycles. The van der Waals surface area contributed by atoms with Crippen molar-refractivity contribution in [2.45, 2.75) is 0 Å². The Balaban J connectivity index is 1.97. The van der Waals surface area contributed by atoms with Crippen LogP contribution in [0.25, 0.3) is 0 Å². The van der Waals surface area contributed by atoms with Crippen LogP contribution in [-0.2, 0) is 3.07 Å². The van der Waals surface area contributed by atoms with Gasteiger partial charge in [-0.2, -0.15) is 0 Å². The molecule has 0 aliphatic rings. The SMILES string of the molecule is FCOI. The van der Waals surface area contributed by atoms with Gasteiger partial charge in [0.25, 0.3) is 0 Å². The molecule has 0 bridgehead atoms. The van der Waals surface area contributed by atoms with Gasteiger partial charge in [-0.15, -0.1) is 0 Å². The first-order valence-electron chi connectivity index (χ1n) is 0.710. The molecule has 0 saturated heterocycles. The van der Waals surface area contributed by atoms with Crippen LogP contribution in [0.5, 0.6) is 0 Å². The molecule has 0 aromatic rings. The predicted molar refractivity (Wildman–Crippen MR) is 21.1 cm³/mol. The van der Waals surface area contributed by atoms with Crippen LogP contribution in [0.2, 0.25) is 0 Å². The summed E-state index contributed by atoms with van der Waals surface area (Å²) >= 11 is 1.48. The fourth-order valence-corrected chi connectivity index (χ4v) is 0. The Labute approximate surface area is 37.8 Å². The first kappa shape index (κ1) is 4.62. The maximum absolute atomic E-state index is 10.5. The Morgan fingerprint density at radius 1 is 2.00 bits per heavy atom. The third-order valence-electron chi connectivity index (χ3n) is 0.0412. The maximum Gasteiger partial charge on any atom is 0.199 e. The van der Waals surface area contributed by atoms with Crippen molar-refractivity contribution in [3.63, 3.8) is 0 Å². The van der Waals surface area contributed by atoms with Crippen molar-refractivity contribution in [2.75, 3.05) is 6.86 Å². The fourth-order valence-electron chi connectivity index (χ4n) is 0. The average Bonchev–Trinajstić information content (AvgIpc) is 1.37. The van der Waals surface area contributed by atoms with Crippen LogP contribution in [-0.4, -0.2) is 6.86 Å². The molecule has 0 amide bonds. The molecule has 0 heterocycles. The number of halogens is 2. The molecule has 0 aromatic carbocycles. The van der Waals surface area contributed by atoms with Crippen molar-refractivity contribution in [3.8, 4) is 0 Å². The van der Waals surface area contributed by atoms with Gasteiger partial charge >= 0.3 is 0 Å². The minimum Gasteiger partial charge on any atom is -0.282 e. The highest BCUT2D eigenvalue weighted by atomic mass is 127. The molecule has 0 radical (unpaired) electrons. The van der Waals surface area contributed by atoms with Crippen LogP contribution in [0.1, 0.15) is 0 Å².